The maximum absolute atomic E-state index is 13.1. The summed E-state index contributed by atoms with van der Waals surface area (Å²) in [6.07, 6.45) is 5.33. The first-order valence-corrected chi connectivity index (χ1v) is 6.63. The van der Waals surface area contributed by atoms with Gasteiger partial charge in [0, 0.05) is 5.54 Å². The van der Waals surface area contributed by atoms with Crippen LogP contribution in [0.4, 0.5) is 4.39 Å². The molecule has 1 saturated carbocycles. The molecule has 0 heterocycles. The van der Waals surface area contributed by atoms with Crippen molar-refractivity contribution in [3.05, 3.63) is 34.6 Å². The van der Waals surface area contributed by atoms with Crippen LogP contribution in [-0.2, 0) is 6.42 Å². The van der Waals surface area contributed by atoms with Crippen molar-refractivity contribution in [3.8, 4) is 0 Å². The predicted molar refractivity (Wildman–Crippen MR) is 69.7 cm³/mol. The molecule has 1 aliphatic rings. The Hall–Kier alpha value is -0.600. The topological polar surface area (TPSA) is 26.0 Å². The van der Waals surface area contributed by atoms with Crippen molar-refractivity contribution in [1.29, 1.82) is 0 Å². The minimum Gasteiger partial charge on any atom is -0.325 e. The molecule has 2 N–H and O–H groups in total. The summed E-state index contributed by atoms with van der Waals surface area (Å²) in [6.45, 7) is 2.21. The Morgan fingerprint density at radius 1 is 1.53 bits per heavy atom. The Morgan fingerprint density at radius 2 is 2.29 bits per heavy atom. The van der Waals surface area contributed by atoms with Crippen molar-refractivity contribution in [2.75, 3.05) is 0 Å². The van der Waals surface area contributed by atoms with Gasteiger partial charge in [0.1, 0.15) is 5.82 Å². The molecule has 0 radical (unpaired) electrons. The summed E-state index contributed by atoms with van der Waals surface area (Å²) in [5, 5.41) is 0.191. The van der Waals surface area contributed by atoms with Crippen molar-refractivity contribution in [1.82, 2.24) is 0 Å². The van der Waals surface area contributed by atoms with Gasteiger partial charge in [0.05, 0.1) is 5.02 Å². The summed E-state index contributed by atoms with van der Waals surface area (Å²) in [5.41, 5.74) is 7.32. The smallest absolute Gasteiger partial charge is 0.141 e. The molecule has 94 valence electrons. The van der Waals surface area contributed by atoms with Gasteiger partial charge in [-0.15, -0.1) is 0 Å². The highest BCUT2D eigenvalue weighted by atomic mass is 35.5. The molecule has 2 unspecified atom stereocenters. The highest BCUT2D eigenvalue weighted by Crippen LogP contribution is 2.37. The third-order valence-electron chi connectivity index (χ3n) is 3.86. The minimum atomic E-state index is -0.362. The van der Waals surface area contributed by atoms with Crippen LogP contribution in [0.15, 0.2) is 18.2 Å². The molecular formula is C14H19ClFN. The Bertz CT molecular complexity index is 407. The second kappa shape index (κ2) is 4.95. The molecule has 1 aromatic carbocycles. The predicted octanol–water partition coefficient (Wildman–Crippen LogP) is 3.93. The van der Waals surface area contributed by atoms with Crippen molar-refractivity contribution in [2.45, 2.75) is 44.6 Å². The standard InChI is InChI=1S/C14H19ClFN/c1-2-10-5-6-14(17,8-10)9-11-3-4-13(16)12(15)7-11/h3-4,7,10H,2,5-6,8-9,17H2,1H3. The maximum atomic E-state index is 13.1. The molecule has 1 aromatic rings. The number of benzene rings is 1. The first kappa shape index (κ1) is 12.8. The molecule has 1 nitrogen and oxygen atoms in total. The molecule has 0 aromatic heterocycles. The van der Waals surface area contributed by atoms with Crippen LogP contribution in [0.5, 0.6) is 0 Å². The van der Waals surface area contributed by atoms with Crippen LogP contribution in [0.25, 0.3) is 0 Å². The van der Waals surface area contributed by atoms with Gasteiger partial charge < -0.3 is 5.73 Å². The zero-order chi connectivity index (χ0) is 12.5. The molecule has 17 heavy (non-hydrogen) atoms. The van der Waals surface area contributed by atoms with E-state index in [0.717, 1.165) is 30.7 Å². The third-order valence-corrected chi connectivity index (χ3v) is 4.15. The van der Waals surface area contributed by atoms with Crippen LogP contribution in [0, 0.1) is 11.7 Å². The van der Waals surface area contributed by atoms with Crippen LogP contribution < -0.4 is 5.73 Å². The summed E-state index contributed by atoms with van der Waals surface area (Å²) in [7, 11) is 0. The number of nitrogens with two attached hydrogens (primary N) is 1. The molecule has 2 atom stereocenters. The van der Waals surface area contributed by atoms with Gasteiger partial charge >= 0.3 is 0 Å². The van der Waals surface area contributed by atoms with Crippen molar-refractivity contribution in [3.63, 3.8) is 0 Å². The van der Waals surface area contributed by atoms with Crippen LogP contribution >= 0.6 is 11.6 Å². The van der Waals surface area contributed by atoms with E-state index in [-0.39, 0.29) is 16.4 Å². The normalized spacial score (nSPS) is 28.6. The number of hydrogen-bond acceptors (Lipinski definition) is 1. The number of halogens is 2. The van der Waals surface area contributed by atoms with Gasteiger partial charge in [-0.1, -0.05) is 31.0 Å². The molecule has 0 aliphatic heterocycles. The van der Waals surface area contributed by atoms with Gasteiger partial charge in [-0.25, -0.2) is 4.39 Å². The lowest BCUT2D eigenvalue weighted by Crippen LogP contribution is -2.39. The zero-order valence-corrected chi connectivity index (χ0v) is 10.9. The summed E-state index contributed by atoms with van der Waals surface area (Å²) in [4.78, 5) is 0. The lowest BCUT2D eigenvalue weighted by atomic mass is 9.89. The quantitative estimate of drug-likeness (QED) is 0.870. The second-order valence-electron chi connectivity index (χ2n) is 5.30. The Morgan fingerprint density at radius 3 is 2.88 bits per heavy atom. The largest absolute Gasteiger partial charge is 0.325 e. The SMILES string of the molecule is CCC1CCC(N)(Cc2ccc(F)c(Cl)c2)C1. The van der Waals surface area contributed by atoms with E-state index in [2.05, 4.69) is 6.92 Å². The highest BCUT2D eigenvalue weighted by molar-refractivity contribution is 6.30. The molecule has 2 rings (SSSR count). The Kier molecular flexibility index (Phi) is 3.74. The van der Waals surface area contributed by atoms with Crippen molar-refractivity contribution in [2.24, 2.45) is 11.7 Å². The molecule has 1 fully saturated rings. The van der Waals surface area contributed by atoms with E-state index in [4.69, 9.17) is 17.3 Å². The third kappa shape index (κ3) is 2.99. The first-order chi connectivity index (χ1) is 8.02. The molecule has 3 heteroatoms. The summed E-state index contributed by atoms with van der Waals surface area (Å²) < 4.78 is 13.1. The summed E-state index contributed by atoms with van der Waals surface area (Å²) in [5.74, 6) is 0.385. The number of rotatable bonds is 3. The molecule has 0 saturated heterocycles. The minimum absolute atomic E-state index is 0.123. The molecule has 0 spiro atoms. The fourth-order valence-electron chi connectivity index (χ4n) is 2.84. The molecule has 1 aliphatic carbocycles. The Balaban J connectivity index is 2.08. The van der Waals surface area contributed by atoms with Crippen LogP contribution in [0.2, 0.25) is 5.02 Å². The Labute approximate surface area is 107 Å². The van der Waals surface area contributed by atoms with E-state index in [9.17, 15) is 4.39 Å². The highest BCUT2D eigenvalue weighted by Gasteiger charge is 2.34. The van der Waals surface area contributed by atoms with Gasteiger partial charge in [0.15, 0.2) is 0 Å². The average molecular weight is 256 g/mol. The zero-order valence-electron chi connectivity index (χ0n) is 10.2. The molecule has 0 bridgehead atoms. The fourth-order valence-corrected chi connectivity index (χ4v) is 3.04. The molecular weight excluding hydrogens is 237 g/mol. The van der Waals surface area contributed by atoms with Gasteiger partial charge in [0.2, 0.25) is 0 Å². The maximum Gasteiger partial charge on any atom is 0.141 e. The number of hydrogen-bond donors (Lipinski definition) is 1. The van der Waals surface area contributed by atoms with Gasteiger partial charge in [-0.05, 0) is 49.3 Å². The van der Waals surface area contributed by atoms with Gasteiger partial charge in [-0.3, -0.25) is 0 Å². The van der Waals surface area contributed by atoms with Crippen LogP contribution in [0.1, 0.15) is 38.2 Å². The van der Waals surface area contributed by atoms with E-state index < -0.39 is 0 Å². The van der Waals surface area contributed by atoms with Crippen molar-refractivity contribution >= 4 is 11.6 Å². The lowest BCUT2D eigenvalue weighted by molar-refractivity contribution is 0.406. The fraction of sp³-hybridized carbons (Fsp3) is 0.571. The van der Waals surface area contributed by atoms with E-state index in [1.54, 1.807) is 12.1 Å². The van der Waals surface area contributed by atoms with Gasteiger partial charge in [-0.2, -0.15) is 0 Å². The summed E-state index contributed by atoms with van der Waals surface area (Å²) >= 11 is 5.78. The van der Waals surface area contributed by atoms with Crippen molar-refractivity contribution < 1.29 is 4.39 Å². The monoisotopic (exact) mass is 255 g/mol. The first-order valence-electron chi connectivity index (χ1n) is 6.25. The second-order valence-corrected chi connectivity index (χ2v) is 5.71. The van der Waals surface area contributed by atoms with Crippen LogP contribution in [0.3, 0.4) is 0 Å². The summed E-state index contributed by atoms with van der Waals surface area (Å²) in [6, 6.07) is 4.91. The van der Waals surface area contributed by atoms with E-state index in [1.165, 1.54) is 18.9 Å². The van der Waals surface area contributed by atoms with Crippen LogP contribution in [-0.4, -0.2) is 5.54 Å². The van der Waals surface area contributed by atoms with E-state index in [1.807, 2.05) is 0 Å². The lowest BCUT2D eigenvalue weighted by Gasteiger charge is -2.24. The van der Waals surface area contributed by atoms with Gasteiger partial charge in [0.25, 0.3) is 0 Å². The van der Waals surface area contributed by atoms with E-state index in [0.29, 0.717) is 0 Å². The van der Waals surface area contributed by atoms with E-state index >= 15 is 0 Å². The average Bonchev–Trinajstić information content (AvgIpc) is 2.66. The molecule has 0 amide bonds.